The topological polar surface area (TPSA) is 124 Å². The number of nitrogens with two attached hydrogens (primary N) is 2. The van der Waals surface area contributed by atoms with Gasteiger partial charge in [0.1, 0.15) is 4.83 Å². The van der Waals surface area contributed by atoms with Crippen LogP contribution in [-0.4, -0.2) is 38.7 Å². The largest absolute Gasteiger partial charge is 0.370 e. The molecule has 4 aromatic rings. The number of hydrogen-bond donors (Lipinski definition) is 2. The fourth-order valence-corrected chi connectivity index (χ4v) is 5.28. The molecule has 0 saturated carbocycles. The first-order valence-corrected chi connectivity index (χ1v) is 12.4. The van der Waals surface area contributed by atoms with Gasteiger partial charge in [-0.15, -0.1) is 11.3 Å². The third-order valence-corrected chi connectivity index (χ3v) is 7.02. The highest BCUT2D eigenvalue weighted by molar-refractivity contribution is 7.99. The second-order valence-corrected chi connectivity index (χ2v) is 9.37. The Balaban J connectivity index is 1.54. The van der Waals surface area contributed by atoms with Crippen LogP contribution in [0.4, 0.5) is 0 Å². The molecule has 0 fully saturated rings. The third-order valence-electron chi connectivity index (χ3n) is 5.21. The summed E-state index contributed by atoms with van der Waals surface area (Å²) in [7, 11) is 0. The number of primary amides is 1. The number of rotatable bonds is 9. The second kappa shape index (κ2) is 10.5. The average Bonchev–Trinajstić information content (AvgIpc) is 3.28. The molecule has 0 aliphatic heterocycles. The zero-order valence-corrected chi connectivity index (χ0v) is 19.8. The lowest BCUT2D eigenvalue weighted by atomic mass is 10.1. The maximum absolute atomic E-state index is 13.0. The first-order chi connectivity index (χ1) is 16.4. The maximum Gasteiger partial charge on any atom is 0.282 e. The van der Waals surface area contributed by atoms with Crippen molar-refractivity contribution in [3.63, 3.8) is 0 Å². The number of hydrogen-bond acceptors (Lipinski definition) is 7. The number of amides is 2. The highest BCUT2D eigenvalue weighted by atomic mass is 32.2. The molecule has 0 atom stereocenters. The number of fused-ring (bicyclic) bond motifs is 1. The second-order valence-electron chi connectivity index (χ2n) is 7.57. The lowest BCUT2D eigenvalue weighted by Crippen LogP contribution is -2.35. The summed E-state index contributed by atoms with van der Waals surface area (Å²) in [5.41, 5.74) is 7.55. The van der Waals surface area contributed by atoms with E-state index in [4.69, 9.17) is 11.6 Å². The number of carbonyl (C=O) groups excluding carboxylic acids is 2. The molecule has 2 heterocycles. The van der Waals surface area contributed by atoms with E-state index in [0.29, 0.717) is 16.8 Å². The Morgan fingerprint density at radius 1 is 1.06 bits per heavy atom. The van der Waals surface area contributed by atoms with Crippen LogP contribution in [0.5, 0.6) is 0 Å². The number of thiophene rings is 1. The van der Waals surface area contributed by atoms with Gasteiger partial charge >= 0.3 is 0 Å². The Hall–Kier alpha value is -3.63. The van der Waals surface area contributed by atoms with Gasteiger partial charge in [-0.3, -0.25) is 14.4 Å². The molecule has 0 saturated heterocycles. The Bertz CT molecular complexity index is 1370. The van der Waals surface area contributed by atoms with Gasteiger partial charge in [-0.05, 0) is 11.1 Å². The molecule has 10 heteroatoms. The smallest absolute Gasteiger partial charge is 0.282 e. The predicted molar refractivity (Wildman–Crippen MR) is 136 cm³/mol. The van der Waals surface area contributed by atoms with E-state index in [1.54, 1.807) is 4.90 Å². The fourth-order valence-electron chi connectivity index (χ4n) is 3.48. The van der Waals surface area contributed by atoms with Crippen molar-refractivity contribution in [2.24, 2.45) is 5.73 Å². The SMILES string of the molecule is NC(=O)CCN(Cc1ccccc1)C(=O)CSc1nc2scc(-c3ccccc3)c2c(=O)n1N. The summed E-state index contributed by atoms with van der Waals surface area (Å²) < 4.78 is 0.990. The molecule has 0 bridgehead atoms. The zero-order chi connectivity index (χ0) is 24.1. The molecule has 0 aliphatic rings. The van der Waals surface area contributed by atoms with Crippen LogP contribution in [0.25, 0.3) is 21.3 Å². The summed E-state index contributed by atoms with van der Waals surface area (Å²) >= 11 is 2.45. The lowest BCUT2D eigenvalue weighted by molar-refractivity contribution is -0.129. The van der Waals surface area contributed by atoms with Crippen molar-refractivity contribution < 1.29 is 9.59 Å². The quantitative estimate of drug-likeness (QED) is 0.210. The Morgan fingerprint density at radius 3 is 2.41 bits per heavy atom. The normalized spacial score (nSPS) is 10.9. The van der Waals surface area contributed by atoms with E-state index in [1.807, 2.05) is 66.0 Å². The molecule has 4 rings (SSSR count). The number of carbonyl (C=O) groups is 2. The van der Waals surface area contributed by atoms with Crippen molar-refractivity contribution in [2.75, 3.05) is 18.1 Å². The van der Waals surface area contributed by atoms with Gasteiger partial charge in [-0.25, -0.2) is 9.66 Å². The Labute approximate surface area is 204 Å². The van der Waals surface area contributed by atoms with E-state index in [-0.39, 0.29) is 35.3 Å². The van der Waals surface area contributed by atoms with Crippen LogP contribution in [0.1, 0.15) is 12.0 Å². The molecule has 2 aromatic carbocycles. The highest BCUT2D eigenvalue weighted by Gasteiger charge is 2.19. The highest BCUT2D eigenvalue weighted by Crippen LogP contribution is 2.31. The number of nitrogens with zero attached hydrogens (tertiary/aromatic N) is 3. The minimum Gasteiger partial charge on any atom is -0.370 e. The molecule has 0 spiro atoms. The van der Waals surface area contributed by atoms with E-state index in [2.05, 4.69) is 4.98 Å². The molecular formula is C24H23N5O3S2. The first kappa shape index (κ1) is 23.5. The van der Waals surface area contributed by atoms with Crippen molar-refractivity contribution in [3.05, 3.63) is 82.0 Å². The first-order valence-electron chi connectivity index (χ1n) is 10.5. The van der Waals surface area contributed by atoms with Crippen molar-refractivity contribution in [3.8, 4) is 11.1 Å². The van der Waals surface area contributed by atoms with Crippen LogP contribution in [0.2, 0.25) is 0 Å². The molecule has 174 valence electrons. The molecule has 0 aliphatic carbocycles. The number of nitrogen functional groups attached to an aromatic ring is 1. The summed E-state index contributed by atoms with van der Waals surface area (Å²) in [4.78, 5) is 44.0. The van der Waals surface area contributed by atoms with Crippen molar-refractivity contribution >= 4 is 45.1 Å². The van der Waals surface area contributed by atoms with Gasteiger partial charge < -0.3 is 16.5 Å². The minimum absolute atomic E-state index is 0.0116. The molecule has 2 amide bonds. The summed E-state index contributed by atoms with van der Waals surface area (Å²) in [5.74, 6) is 5.40. The Morgan fingerprint density at radius 2 is 1.74 bits per heavy atom. The van der Waals surface area contributed by atoms with E-state index in [1.165, 1.54) is 11.3 Å². The molecule has 2 aromatic heterocycles. The van der Waals surface area contributed by atoms with E-state index in [9.17, 15) is 14.4 Å². The van der Waals surface area contributed by atoms with Gasteiger partial charge in [0.2, 0.25) is 11.8 Å². The maximum atomic E-state index is 13.0. The summed E-state index contributed by atoms with van der Waals surface area (Å²) in [6, 6.07) is 19.1. The van der Waals surface area contributed by atoms with Crippen molar-refractivity contribution in [1.82, 2.24) is 14.6 Å². The molecule has 34 heavy (non-hydrogen) atoms. The average molecular weight is 494 g/mol. The number of aromatic nitrogens is 2. The van der Waals surface area contributed by atoms with Gasteiger partial charge in [0.15, 0.2) is 5.16 Å². The van der Waals surface area contributed by atoms with E-state index in [0.717, 1.165) is 33.1 Å². The number of benzene rings is 2. The van der Waals surface area contributed by atoms with Gasteiger partial charge in [-0.2, -0.15) is 0 Å². The van der Waals surface area contributed by atoms with E-state index >= 15 is 0 Å². The monoisotopic (exact) mass is 493 g/mol. The van der Waals surface area contributed by atoms with Gasteiger partial charge in [0, 0.05) is 30.5 Å². The molecule has 4 N–H and O–H groups in total. The number of thioether (sulfide) groups is 1. The van der Waals surface area contributed by atoms with Gasteiger partial charge in [0.05, 0.1) is 11.1 Å². The van der Waals surface area contributed by atoms with Crippen LogP contribution in [0, 0.1) is 0 Å². The van der Waals surface area contributed by atoms with Gasteiger partial charge in [0.25, 0.3) is 5.56 Å². The van der Waals surface area contributed by atoms with Crippen LogP contribution in [0.15, 0.2) is 76.0 Å². The van der Waals surface area contributed by atoms with Crippen LogP contribution in [-0.2, 0) is 16.1 Å². The Kier molecular flexibility index (Phi) is 7.29. The lowest BCUT2D eigenvalue weighted by Gasteiger charge is -2.22. The third kappa shape index (κ3) is 5.29. The molecule has 0 unspecified atom stereocenters. The van der Waals surface area contributed by atoms with Crippen molar-refractivity contribution in [1.29, 1.82) is 0 Å². The predicted octanol–water partition coefficient (Wildman–Crippen LogP) is 2.84. The minimum atomic E-state index is -0.478. The summed E-state index contributed by atoms with van der Waals surface area (Å²) in [6.07, 6.45) is 0.0620. The van der Waals surface area contributed by atoms with E-state index < -0.39 is 5.91 Å². The van der Waals surface area contributed by atoms with Crippen LogP contribution in [0.3, 0.4) is 0 Å². The standard InChI is InChI=1S/C24H23N5O3S2/c25-19(30)11-12-28(13-16-7-3-1-4-8-16)20(31)15-34-24-27-22-21(23(32)29(24)26)18(14-33-22)17-9-5-2-6-10-17/h1-10,14H,11-13,15,26H2,(H2,25,30). The molecule has 0 radical (unpaired) electrons. The van der Waals surface area contributed by atoms with Gasteiger partial charge in [-0.1, -0.05) is 72.4 Å². The molecular weight excluding hydrogens is 470 g/mol. The molecule has 8 nitrogen and oxygen atoms in total. The fraction of sp³-hybridized carbons (Fsp3) is 0.167. The zero-order valence-electron chi connectivity index (χ0n) is 18.2. The van der Waals surface area contributed by atoms with Crippen LogP contribution >= 0.6 is 23.1 Å². The summed E-state index contributed by atoms with van der Waals surface area (Å²) in [5, 5.41) is 2.60. The summed E-state index contributed by atoms with van der Waals surface area (Å²) in [6.45, 7) is 0.553. The van der Waals surface area contributed by atoms with Crippen molar-refractivity contribution in [2.45, 2.75) is 18.1 Å². The van der Waals surface area contributed by atoms with Crippen LogP contribution < -0.4 is 17.1 Å².